The minimum Gasteiger partial charge on any atom is -0.393 e. The van der Waals surface area contributed by atoms with Crippen LogP contribution in [0.25, 0.3) is 0 Å². The molecule has 9 heavy (non-hydrogen) atoms. The van der Waals surface area contributed by atoms with E-state index in [0.717, 1.165) is 32.1 Å². The highest BCUT2D eigenvalue weighted by Gasteiger charge is 2.13. The average molecular weight is 130 g/mol. The van der Waals surface area contributed by atoms with Crippen LogP contribution in [-0.2, 0) is 0 Å². The highest BCUT2D eigenvalue weighted by atomic mass is 16.3. The van der Waals surface area contributed by atoms with Gasteiger partial charge in [0.05, 0.1) is 12.2 Å². The molecule has 0 bridgehead atoms. The molecule has 0 aromatic carbocycles. The predicted molar refractivity (Wildman–Crippen MR) is 35.1 cm³/mol. The molecule has 0 spiro atoms. The van der Waals surface area contributed by atoms with Gasteiger partial charge in [0.25, 0.3) is 0 Å². The van der Waals surface area contributed by atoms with E-state index in [2.05, 4.69) is 0 Å². The number of aliphatic hydroxyl groups excluding tert-OH is 2. The first-order valence-corrected chi connectivity index (χ1v) is 3.65. The molecule has 1 aliphatic rings. The third-order valence-electron chi connectivity index (χ3n) is 1.91. The van der Waals surface area contributed by atoms with Gasteiger partial charge in [-0.05, 0) is 32.1 Å². The van der Waals surface area contributed by atoms with Gasteiger partial charge >= 0.3 is 0 Å². The molecule has 0 saturated heterocycles. The standard InChI is InChI=1S/C7H14O2/c8-6-2-1-3-7(9)5-4-6/h6-9H,1-5H2/t6-,7-/m0/s1. The van der Waals surface area contributed by atoms with Crippen molar-refractivity contribution < 1.29 is 10.2 Å². The minimum absolute atomic E-state index is 0.151. The Balaban J connectivity index is 2.25. The second kappa shape index (κ2) is 3.18. The second-order valence-corrected chi connectivity index (χ2v) is 2.82. The molecule has 2 heteroatoms. The first kappa shape index (κ1) is 7.03. The van der Waals surface area contributed by atoms with Gasteiger partial charge in [-0.3, -0.25) is 0 Å². The fourth-order valence-corrected chi connectivity index (χ4v) is 1.26. The number of aliphatic hydroxyl groups is 2. The summed E-state index contributed by atoms with van der Waals surface area (Å²) >= 11 is 0. The summed E-state index contributed by atoms with van der Waals surface area (Å²) in [5.41, 5.74) is 0. The van der Waals surface area contributed by atoms with Crippen LogP contribution in [0, 0.1) is 0 Å². The number of hydrogen-bond donors (Lipinski definition) is 2. The van der Waals surface area contributed by atoms with E-state index in [4.69, 9.17) is 10.2 Å². The lowest BCUT2D eigenvalue weighted by molar-refractivity contribution is 0.133. The first-order valence-electron chi connectivity index (χ1n) is 3.65. The van der Waals surface area contributed by atoms with Crippen LogP contribution in [-0.4, -0.2) is 22.4 Å². The molecule has 54 valence electrons. The molecule has 1 rings (SSSR count). The summed E-state index contributed by atoms with van der Waals surface area (Å²) in [7, 11) is 0. The Morgan fingerprint density at radius 1 is 0.778 bits per heavy atom. The highest BCUT2D eigenvalue weighted by molar-refractivity contribution is 4.67. The molecular formula is C7H14O2. The maximum atomic E-state index is 9.10. The molecule has 0 aromatic rings. The normalized spacial score (nSPS) is 38.0. The van der Waals surface area contributed by atoms with Crippen LogP contribution in [0.2, 0.25) is 0 Å². The van der Waals surface area contributed by atoms with Gasteiger partial charge in [-0.2, -0.15) is 0 Å². The van der Waals surface area contributed by atoms with Gasteiger partial charge in [0.2, 0.25) is 0 Å². The van der Waals surface area contributed by atoms with Crippen molar-refractivity contribution in [3.05, 3.63) is 0 Å². The van der Waals surface area contributed by atoms with E-state index < -0.39 is 0 Å². The largest absolute Gasteiger partial charge is 0.393 e. The Morgan fingerprint density at radius 3 is 1.67 bits per heavy atom. The molecular weight excluding hydrogens is 116 g/mol. The molecule has 0 radical (unpaired) electrons. The lowest BCUT2D eigenvalue weighted by Crippen LogP contribution is -2.06. The Morgan fingerprint density at radius 2 is 1.22 bits per heavy atom. The summed E-state index contributed by atoms with van der Waals surface area (Å²) in [6.07, 6.45) is 3.97. The van der Waals surface area contributed by atoms with Crippen molar-refractivity contribution in [1.29, 1.82) is 0 Å². The molecule has 1 fully saturated rings. The Bertz CT molecular complexity index is 73.0. The maximum absolute atomic E-state index is 9.10. The molecule has 2 atom stereocenters. The van der Waals surface area contributed by atoms with Gasteiger partial charge in [0.1, 0.15) is 0 Å². The third-order valence-corrected chi connectivity index (χ3v) is 1.91. The Labute approximate surface area is 55.5 Å². The summed E-state index contributed by atoms with van der Waals surface area (Å²) in [5.74, 6) is 0. The second-order valence-electron chi connectivity index (χ2n) is 2.82. The van der Waals surface area contributed by atoms with Crippen LogP contribution in [0.3, 0.4) is 0 Å². The smallest absolute Gasteiger partial charge is 0.0541 e. The van der Waals surface area contributed by atoms with Crippen molar-refractivity contribution in [1.82, 2.24) is 0 Å². The lowest BCUT2D eigenvalue weighted by atomic mass is 10.1. The average Bonchev–Trinajstić information content (AvgIpc) is 1.97. The van der Waals surface area contributed by atoms with Crippen LogP contribution in [0.4, 0.5) is 0 Å². The van der Waals surface area contributed by atoms with E-state index in [-0.39, 0.29) is 12.2 Å². The molecule has 0 unspecified atom stereocenters. The number of rotatable bonds is 0. The summed E-state index contributed by atoms with van der Waals surface area (Å²) < 4.78 is 0. The van der Waals surface area contributed by atoms with Crippen molar-refractivity contribution in [3.8, 4) is 0 Å². The van der Waals surface area contributed by atoms with Crippen LogP contribution < -0.4 is 0 Å². The molecule has 1 saturated carbocycles. The van der Waals surface area contributed by atoms with Gasteiger partial charge < -0.3 is 10.2 Å². The van der Waals surface area contributed by atoms with Crippen molar-refractivity contribution in [2.45, 2.75) is 44.3 Å². The lowest BCUT2D eigenvalue weighted by Gasteiger charge is -2.04. The molecule has 0 aliphatic heterocycles. The van der Waals surface area contributed by atoms with Crippen LogP contribution in [0.15, 0.2) is 0 Å². The van der Waals surface area contributed by atoms with E-state index in [1.807, 2.05) is 0 Å². The summed E-state index contributed by atoms with van der Waals surface area (Å²) in [4.78, 5) is 0. The fraction of sp³-hybridized carbons (Fsp3) is 1.00. The topological polar surface area (TPSA) is 40.5 Å². The van der Waals surface area contributed by atoms with Gasteiger partial charge in [0.15, 0.2) is 0 Å². The Hall–Kier alpha value is -0.0800. The van der Waals surface area contributed by atoms with Crippen molar-refractivity contribution in [2.24, 2.45) is 0 Å². The first-order chi connectivity index (χ1) is 4.29. The number of hydrogen-bond acceptors (Lipinski definition) is 2. The SMILES string of the molecule is O[C@H]1CCC[C@H](O)CC1. The van der Waals surface area contributed by atoms with Crippen molar-refractivity contribution in [2.75, 3.05) is 0 Å². The zero-order valence-electron chi connectivity index (χ0n) is 5.58. The van der Waals surface area contributed by atoms with E-state index in [9.17, 15) is 0 Å². The van der Waals surface area contributed by atoms with E-state index in [0.29, 0.717) is 0 Å². The van der Waals surface area contributed by atoms with Gasteiger partial charge in [-0.1, -0.05) is 0 Å². The molecule has 0 aromatic heterocycles. The summed E-state index contributed by atoms with van der Waals surface area (Å²) in [6, 6.07) is 0. The van der Waals surface area contributed by atoms with Crippen LogP contribution in [0.1, 0.15) is 32.1 Å². The van der Waals surface area contributed by atoms with Gasteiger partial charge in [-0.15, -0.1) is 0 Å². The quantitative estimate of drug-likeness (QED) is 0.473. The molecule has 0 heterocycles. The Kier molecular flexibility index (Phi) is 2.49. The zero-order valence-corrected chi connectivity index (χ0v) is 5.58. The van der Waals surface area contributed by atoms with Gasteiger partial charge in [0, 0.05) is 0 Å². The monoisotopic (exact) mass is 130 g/mol. The van der Waals surface area contributed by atoms with E-state index >= 15 is 0 Å². The van der Waals surface area contributed by atoms with E-state index in [1.54, 1.807) is 0 Å². The van der Waals surface area contributed by atoms with E-state index in [1.165, 1.54) is 0 Å². The van der Waals surface area contributed by atoms with Crippen molar-refractivity contribution in [3.63, 3.8) is 0 Å². The predicted octanol–water partition coefficient (Wildman–Crippen LogP) is 0.672. The van der Waals surface area contributed by atoms with Crippen LogP contribution >= 0.6 is 0 Å². The zero-order chi connectivity index (χ0) is 6.69. The van der Waals surface area contributed by atoms with Crippen LogP contribution in [0.5, 0.6) is 0 Å². The fourth-order valence-electron chi connectivity index (χ4n) is 1.26. The third kappa shape index (κ3) is 2.33. The summed E-state index contributed by atoms with van der Waals surface area (Å²) in [6.45, 7) is 0. The summed E-state index contributed by atoms with van der Waals surface area (Å²) in [5, 5.41) is 18.2. The van der Waals surface area contributed by atoms with Crippen molar-refractivity contribution >= 4 is 0 Å². The minimum atomic E-state index is -0.151. The molecule has 0 amide bonds. The maximum Gasteiger partial charge on any atom is 0.0541 e. The molecule has 2 nitrogen and oxygen atoms in total. The molecule has 2 N–H and O–H groups in total. The van der Waals surface area contributed by atoms with Gasteiger partial charge in [-0.25, -0.2) is 0 Å². The highest BCUT2D eigenvalue weighted by Crippen LogP contribution is 2.17. The molecule has 1 aliphatic carbocycles.